The number of amides is 2. The highest BCUT2D eigenvalue weighted by atomic mass is 35.6. The second-order valence-corrected chi connectivity index (χ2v) is 10.1. The summed E-state index contributed by atoms with van der Waals surface area (Å²) in [6.07, 6.45) is -1.34. The zero-order valence-electron chi connectivity index (χ0n) is 8.61. The zero-order chi connectivity index (χ0) is 13.3. The molecule has 0 unspecified atom stereocenters. The van der Waals surface area contributed by atoms with Gasteiger partial charge in [-0.3, -0.25) is 16.4 Å². The van der Waals surface area contributed by atoms with Crippen molar-refractivity contribution in [1.82, 2.24) is 9.80 Å². The number of nitrogens with zero attached hydrogens (tertiary/aromatic N) is 2. The molecule has 0 radical (unpaired) electrons. The Labute approximate surface area is 107 Å². The number of carbonyl (C=O) groups is 1. The van der Waals surface area contributed by atoms with E-state index >= 15 is 0 Å². The Morgan fingerprint density at radius 3 is 1.65 bits per heavy atom. The lowest BCUT2D eigenvalue weighted by Gasteiger charge is -2.36. The largest absolute Gasteiger partial charge is 0.539 e. The van der Waals surface area contributed by atoms with Gasteiger partial charge in [-0.2, -0.15) is 0 Å². The van der Waals surface area contributed by atoms with Gasteiger partial charge < -0.3 is 9.80 Å². The fourth-order valence-corrected chi connectivity index (χ4v) is 3.89. The van der Waals surface area contributed by atoms with Crippen molar-refractivity contribution in [2.45, 2.75) is 6.42 Å². The average Bonchev–Trinajstić information content (AvgIpc) is 2.07. The Morgan fingerprint density at radius 1 is 1.00 bits per heavy atom. The third-order valence-corrected chi connectivity index (χ3v) is 4.34. The predicted molar refractivity (Wildman–Crippen MR) is 60.8 cm³/mol. The summed E-state index contributed by atoms with van der Waals surface area (Å²) in [5.74, 6) is 0. The van der Waals surface area contributed by atoms with E-state index in [1.54, 1.807) is 0 Å². The van der Waals surface area contributed by atoms with Crippen LogP contribution in [-0.4, -0.2) is 57.4 Å². The highest BCUT2D eigenvalue weighted by Crippen LogP contribution is 2.21. The van der Waals surface area contributed by atoms with Crippen LogP contribution in [-0.2, 0) is 0 Å². The van der Waals surface area contributed by atoms with E-state index in [0.29, 0.717) is 6.42 Å². The van der Waals surface area contributed by atoms with E-state index in [1.807, 2.05) is 0 Å². The Hall–Kier alpha value is 0.00377. The van der Waals surface area contributed by atoms with Gasteiger partial charge in [-0.25, -0.2) is 4.79 Å². The molecule has 0 saturated carbocycles. The molecule has 0 bridgehead atoms. The van der Waals surface area contributed by atoms with Crippen LogP contribution in [0.2, 0.25) is 0 Å². The van der Waals surface area contributed by atoms with Gasteiger partial charge in [0, 0.05) is 13.1 Å². The second kappa shape index (κ2) is 5.33. The first kappa shape index (κ1) is 15.1. The molecule has 0 aliphatic carbocycles. The van der Waals surface area contributed by atoms with Crippen LogP contribution in [0, 0.1) is 0 Å². The van der Waals surface area contributed by atoms with Crippen LogP contribution in [0.4, 0.5) is 21.2 Å². The van der Waals surface area contributed by atoms with E-state index in [-0.39, 0.29) is 13.1 Å². The van der Waals surface area contributed by atoms with Crippen molar-refractivity contribution in [3.63, 3.8) is 0 Å². The van der Waals surface area contributed by atoms with Crippen molar-refractivity contribution < 1.29 is 21.2 Å². The minimum Gasteiger partial charge on any atom is -0.321 e. The first-order valence-corrected chi connectivity index (χ1v) is 10.7. The molecule has 0 atom stereocenters. The van der Waals surface area contributed by atoms with Crippen LogP contribution in [0.15, 0.2) is 0 Å². The van der Waals surface area contributed by atoms with Gasteiger partial charge in [0.2, 0.25) is 0 Å². The van der Waals surface area contributed by atoms with Crippen LogP contribution in [0.1, 0.15) is 6.42 Å². The van der Waals surface area contributed by atoms with Gasteiger partial charge in [0.15, 0.2) is 0 Å². The molecule has 1 aliphatic heterocycles. The van der Waals surface area contributed by atoms with Crippen LogP contribution < -0.4 is 0 Å². The van der Waals surface area contributed by atoms with Gasteiger partial charge in [-0.05, 0) is 6.42 Å². The van der Waals surface area contributed by atoms with Crippen molar-refractivity contribution in [3.8, 4) is 0 Å². The topological polar surface area (TPSA) is 23.6 Å². The summed E-state index contributed by atoms with van der Waals surface area (Å²) in [5.41, 5.74) is 0. The normalized spacial score (nSPS) is 18.8. The van der Waals surface area contributed by atoms with E-state index < -0.39 is 34.5 Å². The second-order valence-electron chi connectivity index (χ2n) is 3.71. The number of rotatable bonds is 4. The third-order valence-electron chi connectivity index (χ3n) is 2.14. The maximum Gasteiger partial charge on any atom is 0.539 e. The summed E-state index contributed by atoms with van der Waals surface area (Å²) < 4.78 is 50.7. The number of hydrogen-bond acceptors (Lipinski definition) is 1. The predicted octanol–water partition coefficient (Wildman–Crippen LogP) is 2.43. The summed E-state index contributed by atoms with van der Waals surface area (Å²) in [5, 5.41) is 0. The van der Waals surface area contributed by atoms with E-state index in [2.05, 4.69) is 0 Å². The Balaban J connectivity index is 2.63. The van der Waals surface area contributed by atoms with Crippen LogP contribution >= 0.6 is 22.2 Å². The molecule has 1 aliphatic rings. The van der Waals surface area contributed by atoms with E-state index in [0.717, 1.165) is 9.80 Å². The van der Waals surface area contributed by atoms with Gasteiger partial charge in [0.05, 0.1) is 12.3 Å². The van der Waals surface area contributed by atoms with Crippen LogP contribution in [0.25, 0.3) is 0 Å². The van der Waals surface area contributed by atoms with Crippen molar-refractivity contribution in [1.29, 1.82) is 0 Å². The van der Waals surface area contributed by atoms with Crippen molar-refractivity contribution in [2.75, 3.05) is 25.4 Å². The molecular formula is C6H10Cl2F4N2OSi2. The van der Waals surface area contributed by atoms with Crippen molar-refractivity contribution in [3.05, 3.63) is 0 Å². The third kappa shape index (κ3) is 5.45. The highest BCUT2D eigenvalue weighted by molar-refractivity contribution is 7.12. The Morgan fingerprint density at radius 2 is 1.35 bits per heavy atom. The van der Waals surface area contributed by atoms with E-state index in [4.69, 9.17) is 22.2 Å². The molecule has 0 N–H and O–H groups in total. The zero-order valence-corrected chi connectivity index (χ0v) is 12.1. The summed E-state index contributed by atoms with van der Waals surface area (Å²) in [6.45, 7) is 0.222. The van der Waals surface area contributed by atoms with Gasteiger partial charge in [-0.15, -0.1) is 0 Å². The molecule has 0 aromatic heterocycles. The molecule has 11 heteroatoms. The Kier molecular flexibility index (Phi) is 4.72. The van der Waals surface area contributed by atoms with Crippen molar-refractivity contribution >= 4 is 44.3 Å². The van der Waals surface area contributed by atoms with Crippen molar-refractivity contribution in [2.24, 2.45) is 0 Å². The first-order chi connectivity index (χ1) is 7.58. The molecule has 100 valence electrons. The maximum absolute atomic E-state index is 12.7. The monoisotopic (exact) mass is 328 g/mol. The molecule has 1 saturated heterocycles. The Bertz CT molecular complexity index is 273. The minimum absolute atomic E-state index is 0.111. The molecular weight excluding hydrogens is 319 g/mol. The number of carbonyl (C=O) groups excluding carboxylic acids is 1. The molecule has 0 aromatic rings. The van der Waals surface area contributed by atoms with Crippen LogP contribution in [0.5, 0.6) is 0 Å². The maximum atomic E-state index is 12.7. The molecule has 1 rings (SSSR count). The lowest BCUT2D eigenvalue weighted by molar-refractivity contribution is 0.141. The fraction of sp³-hybridized carbons (Fsp3) is 0.833. The highest BCUT2D eigenvalue weighted by Gasteiger charge is 2.43. The molecule has 2 amide bonds. The lowest BCUT2D eigenvalue weighted by atomic mass is 10.3. The molecule has 0 aromatic carbocycles. The molecule has 1 heterocycles. The number of hydrogen-bond donors (Lipinski definition) is 0. The van der Waals surface area contributed by atoms with Gasteiger partial charge in [0.25, 0.3) is 0 Å². The molecule has 0 spiro atoms. The fourth-order valence-electron chi connectivity index (χ4n) is 1.57. The molecule has 17 heavy (non-hydrogen) atoms. The molecule has 1 fully saturated rings. The number of halogens is 6. The first-order valence-electron chi connectivity index (χ1n) is 4.76. The summed E-state index contributed by atoms with van der Waals surface area (Å²) in [7, 11) is -9.87. The molecule has 3 nitrogen and oxygen atoms in total. The van der Waals surface area contributed by atoms with Crippen LogP contribution in [0.3, 0.4) is 0 Å². The van der Waals surface area contributed by atoms with E-state index in [9.17, 15) is 21.2 Å². The van der Waals surface area contributed by atoms with Gasteiger partial charge in [-0.1, -0.05) is 22.2 Å². The number of urea groups is 1. The SMILES string of the molecule is O=C1N(C[Si](F)(F)Cl)CCCN1C[Si](F)(F)Cl. The van der Waals surface area contributed by atoms with E-state index in [1.165, 1.54) is 0 Å². The summed E-state index contributed by atoms with van der Waals surface area (Å²) >= 11 is 9.68. The minimum atomic E-state index is -4.93. The lowest BCUT2D eigenvalue weighted by Crippen LogP contribution is -2.55. The van der Waals surface area contributed by atoms with Gasteiger partial charge in [0.1, 0.15) is 0 Å². The van der Waals surface area contributed by atoms with Gasteiger partial charge >= 0.3 is 22.1 Å². The standard InChI is InChI=1S/C6H10Cl2F4N2OSi2/c7-16(9,10)4-13-2-1-3-14(6(13)15)5-17(8,11)12/h1-5H2. The summed E-state index contributed by atoms with van der Waals surface area (Å²) in [4.78, 5) is 13.2. The summed E-state index contributed by atoms with van der Waals surface area (Å²) in [6, 6.07) is -0.836. The average molecular weight is 329 g/mol. The smallest absolute Gasteiger partial charge is 0.321 e. The quantitative estimate of drug-likeness (QED) is 0.441.